The number of hydrogen-bond acceptors (Lipinski definition) is 3. The molecule has 2 aliphatic heterocycles. The minimum Gasteiger partial charge on any atom is -0.317 e. The number of nitrogens with zero attached hydrogens (tertiary/aromatic N) is 2. The third kappa shape index (κ3) is 2.80. The molecule has 0 spiro atoms. The molecule has 3 atom stereocenters. The van der Waals surface area contributed by atoms with Gasteiger partial charge in [0.15, 0.2) is 0 Å². The normalized spacial score (nSPS) is 30.9. The minimum atomic E-state index is -0.250. The quantitative estimate of drug-likeness (QED) is 0.901. The Morgan fingerprint density at radius 1 is 1.29 bits per heavy atom. The highest BCUT2D eigenvalue weighted by Gasteiger charge is 2.41. The lowest BCUT2D eigenvalue weighted by Gasteiger charge is -2.38. The van der Waals surface area contributed by atoms with Gasteiger partial charge in [-0.05, 0) is 51.1 Å². The maximum Gasteiger partial charge on any atom is 0.241 e. The van der Waals surface area contributed by atoms with Crippen LogP contribution in [0.5, 0.6) is 0 Å². The predicted molar refractivity (Wildman–Crippen MR) is 79.1 cm³/mol. The number of nitrogens with one attached hydrogen (secondary N) is 1. The van der Waals surface area contributed by atoms with Crippen molar-refractivity contribution in [2.45, 2.75) is 38.0 Å². The number of likely N-dealkylation sites (tertiary alicyclic amines) is 1. The monoisotopic (exact) mass is 291 g/mol. The summed E-state index contributed by atoms with van der Waals surface area (Å²) in [5, 5.41) is 3.34. The highest BCUT2D eigenvalue weighted by atomic mass is 19.1. The molecule has 2 saturated heterocycles. The zero-order chi connectivity index (χ0) is 15.0. The highest BCUT2D eigenvalue weighted by Crippen LogP contribution is 2.30. The van der Waals surface area contributed by atoms with E-state index in [-0.39, 0.29) is 30.0 Å². The molecule has 1 amide bonds. The number of carbonyl (C=O) groups is 1. The number of benzene rings is 1. The number of piperidine rings is 1. The number of carbonyl (C=O) groups excluding carboxylic acids is 1. The van der Waals surface area contributed by atoms with Crippen LogP contribution in [0.1, 0.15) is 31.5 Å². The van der Waals surface area contributed by atoms with Crippen LogP contribution in [0, 0.1) is 5.82 Å². The van der Waals surface area contributed by atoms with Crippen LogP contribution >= 0.6 is 0 Å². The van der Waals surface area contributed by atoms with E-state index in [4.69, 9.17) is 0 Å². The minimum absolute atomic E-state index is 0.143. The maximum absolute atomic E-state index is 13.1. The van der Waals surface area contributed by atoms with Gasteiger partial charge in [-0.3, -0.25) is 10.1 Å². The lowest BCUT2D eigenvalue weighted by atomic mass is 10.0. The highest BCUT2D eigenvalue weighted by molar-refractivity contribution is 5.84. The maximum atomic E-state index is 13.1. The van der Waals surface area contributed by atoms with Crippen molar-refractivity contribution >= 4 is 5.91 Å². The Morgan fingerprint density at radius 3 is 2.67 bits per heavy atom. The van der Waals surface area contributed by atoms with Gasteiger partial charge in [-0.2, -0.15) is 0 Å². The van der Waals surface area contributed by atoms with Crippen LogP contribution in [0.3, 0.4) is 0 Å². The summed E-state index contributed by atoms with van der Waals surface area (Å²) in [5.41, 5.74) is 0.947. The van der Waals surface area contributed by atoms with Gasteiger partial charge >= 0.3 is 0 Å². The molecule has 0 radical (unpaired) electrons. The predicted octanol–water partition coefficient (Wildman–Crippen LogP) is 1.74. The smallest absolute Gasteiger partial charge is 0.241 e. The van der Waals surface area contributed by atoms with Gasteiger partial charge in [0, 0.05) is 12.6 Å². The van der Waals surface area contributed by atoms with Crippen LogP contribution in [-0.2, 0) is 4.79 Å². The molecule has 2 aliphatic rings. The molecule has 21 heavy (non-hydrogen) atoms. The lowest BCUT2D eigenvalue weighted by molar-refractivity contribution is -0.133. The van der Waals surface area contributed by atoms with Crippen molar-refractivity contribution in [2.75, 3.05) is 20.1 Å². The molecule has 2 fully saturated rings. The average Bonchev–Trinajstić information content (AvgIpc) is 2.76. The molecule has 3 rings (SSSR count). The van der Waals surface area contributed by atoms with Crippen molar-refractivity contribution in [3.8, 4) is 0 Å². The first-order valence-corrected chi connectivity index (χ1v) is 7.58. The molecule has 4 nitrogen and oxygen atoms in total. The Labute approximate surface area is 124 Å². The molecule has 0 bridgehead atoms. The van der Waals surface area contributed by atoms with Crippen molar-refractivity contribution < 1.29 is 9.18 Å². The number of rotatable bonds is 2. The Morgan fingerprint density at radius 2 is 2.00 bits per heavy atom. The van der Waals surface area contributed by atoms with E-state index in [1.165, 1.54) is 12.1 Å². The molecular weight excluding hydrogens is 269 g/mol. The van der Waals surface area contributed by atoms with E-state index in [0.717, 1.165) is 31.5 Å². The fraction of sp³-hybridized carbons (Fsp3) is 0.562. The van der Waals surface area contributed by atoms with E-state index in [1.807, 2.05) is 11.8 Å². The second kappa shape index (κ2) is 5.73. The van der Waals surface area contributed by atoms with Gasteiger partial charge in [0.25, 0.3) is 0 Å². The van der Waals surface area contributed by atoms with E-state index in [2.05, 4.69) is 17.3 Å². The topological polar surface area (TPSA) is 35.6 Å². The summed E-state index contributed by atoms with van der Waals surface area (Å²) in [6.45, 7) is 3.88. The SMILES string of the molecule is CC1NC(c2ccc(F)cc2)N(C2CCCN(C)C2)C1=O. The van der Waals surface area contributed by atoms with Crippen molar-refractivity contribution in [3.63, 3.8) is 0 Å². The third-order valence-electron chi connectivity index (χ3n) is 4.49. The van der Waals surface area contributed by atoms with Gasteiger partial charge in [-0.15, -0.1) is 0 Å². The number of likely N-dealkylation sites (N-methyl/N-ethyl adjacent to an activating group) is 1. The average molecular weight is 291 g/mol. The van der Waals surface area contributed by atoms with E-state index < -0.39 is 0 Å². The van der Waals surface area contributed by atoms with Crippen molar-refractivity contribution in [2.24, 2.45) is 0 Å². The summed E-state index contributed by atoms with van der Waals surface area (Å²) < 4.78 is 13.1. The number of amides is 1. The van der Waals surface area contributed by atoms with Crippen LogP contribution < -0.4 is 5.32 Å². The summed E-state index contributed by atoms with van der Waals surface area (Å²) in [5.74, 6) is -0.107. The van der Waals surface area contributed by atoms with Crippen molar-refractivity contribution in [1.29, 1.82) is 0 Å². The molecule has 114 valence electrons. The zero-order valence-electron chi connectivity index (χ0n) is 12.6. The summed E-state index contributed by atoms with van der Waals surface area (Å²) in [6.07, 6.45) is 1.99. The summed E-state index contributed by atoms with van der Waals surface area (Å²) >= 11 is 0. The fourth-order valence-electron chi connectivity index (χ4n) is 3.40. The molecule has 1 aromatic carbocycles. The lowest BCUT2D eigenvalue weighted by Crippen LogP contribution is -2.49. The van der Waals surface area contributed by atoms with Gasteiger partial charge in [-0.25, -0.2) is 4.39 Å². The Bertz CT molecular complexity index is 519. The van der Waals surface area contributed by atoms with Gasteiger partial charge < -0.3 is 9.80 Å². The molecule has 1 N–H and O–H groups in total. The third-order valence-corrected chi connectivity index (χ3v) is 4.49. The van der Waals surface area contributed by atoms with Crippen LogP contribution in [0.15, 0.2) is 24.3 Å². The van der Waals surface area contributed by atoms with Gasteiger partial charge in [0.1, 0.15) is 12.0 Å². The van der Waals surface area contributed by atoms with Gasteiger partial charge in [-0.1, -0.05) is 12.1 Å². The first-order valence-electron chi connectivity index (χ1n) is 7.58. The number of halogens is 1. The fourth-order valence-corrected chi connectivity index (χ4v) is 3.40. The van der Waals surface area contributed by atoms with Crippen LogP contribution in [0.2, 0.25) is 0 Å². The zero-order valence-corrected chi connectivity index (χ0v) is 12.6. The Kier molecular flexibility index (Phi) is 3.95. The summed E-state index contributed by atoms with van der Waals surface area (Å²) in [4.78, 5) is 16.8. The Balaban J connectivity index is 1.87. The summed E-state index contributed by atoms with van der Waals surface area (Å²) in [6, 6.07) is 6.47. The second-order valence-corrected chi connectivity index (χ2v) is 6.15. The van der Waals surface area contributed by atoms with Crippen LogP contribution in [0.4, 0.5) is 4.39 Å². The molecule has 0 saturated carbocycles. The molecule has 0 aromatic heterocycles. The van der Waals surface area contributed by atoms with E-state index in [0.29, 0.717) is 0 Å². The molecule has 1 aromatic rings. The molecular formula is C16H22FN3O. The first kappa shape index (κ1) is 14.5. The van der Waals surface area contributed by atoms with Crippen LogP contribution in [-0.4, -0.2) is 47.9 Å². The second-order valence-electron chi connectivity index (χ2n) is 6.15. The molecule has 3 unspecified atom stereocenters. The standard InChI is InChI=1S/C16H22FN3O/c1-11-16(21)20(14-4-3-9-19(2)10-14)15(18-11)12-5-7-13(17)8-6-12/h5-8,11,14-15,18H,3-4,9-10H2,1-2H3. The largest absolute Gasteiger partial charge is 0.317 e. The van der Waals surface area contributed by atoms with E-state index in [1.54, 1.807) is 12.1 Å². The molecule has 5 heteroatoms. The summed E-state index contributed by atoms with van der Waals surface area (Å²) in [7, 11) is 2.09. The van der Waals surface area contributed by atoms with E-state index >= 15 is 0 Å². The van der Waals surface area contributed by atoms with Gasteiger partial charge in [0.05, 0.1) is 6.04 Å². The Hall–Kier alpha value is -1.46. The van der Waals surface area contributed by atoms with Crippen molar-refractivity contribution in [1.82, 2.24) is 15.1 Å². The van der Waals surface area contributed by atoms with Crippen LogP contribution in [0.25, 0.3) is 0 Å². The van der Waals surface area contributed by atoms with Gasteiger partial charge in [0.2, 0.25) is 5.91 Å². The van der Waals surface area contributed by atoms with E-state index in [9.17, 15) is 9.18 Å². The molecule has 0 aliphatic carbocycles. The van der Waals surface area contributed by atoms with Crippen molar-refractivity contribution in [3.05, 3.63) is 35.6 Å². The first-order chi connectivity index (χ1) is 10.1. The molecule has 2 heterocycles. The number of hydrogen-bond donors (Lipinski definition) is 1.